The number of likely N-dealkylation sites (tertiary alicyclic amines) is 1. The largest absolute Gasteiger partial charge is 0.362 e. The zero-order chi connectivity index (χ0) is 11.5. The molecule has 1 unspecified atom stereocenters. The van der Waals surface area contributed by atoms with Crippen LogP contribution < -0.4 is 0 Å². The Morgan fingerprint density at radius 3 is 2.40 bits per heavy atom. The van der Waals surface area contributed by atoms with Crippen LogP contribution >= 0.6 is 0 Å². The SMILES string of the molecule is COC(CN1CCC(=O)CC1)S(=O)(=O)O. The average Bonchev–Trinajstić information content (AvgIpc) is 2.15. The fraction of sp³-hybridized carbons (Fsp3) is 0.875. The molecule has 0 saturated carbocycles. The second-order valence-electron chi connectivity index (χ2n) is 3.52. The summed E-state index contributed by atoms with van der Waals surface area (Å²) in [5.74, 6) is 0.187. The molecule has 0 amide bonds. The molecule has 1 N–H and O–H groups in total. The minimum Gasteiger partial charge on any atom is -0.362 e. The van der Waals surface area contributed by atoms with E-state index < -0.39 is 15.6 Å². The lowest BCUT2D eigenvalue weighted by Crippen LogP contribution is -2.42. The number of piperidine rings is 1. The van der Waals surface area contributed by atoms with Crippen LogP contribution in [-0.4, -0.2) is 55.8 Å². The number of rotatable bonds is 4. The van der Waals surface area contributed by atoms with Gasteiger partial charge < -0.3 is 4.74 Å². The van der Waals surface area contributed by atoms with Crippen LogP contribution in [-0.2, 0) is 19.6 Å². The molecule has 0 aliphatic carbocycles. The molecule has 1 aliphatic rings. The Kier molecular flexibility index (Phi) is 4.21. The van der Waals surface area contributed by atoms with Crippen LogP contribution in [0.25, 0.3) is 0 Å². The number of carbonyl (C=O) groups is 1. The molecule has 6 nitrogen and oxygen atoms in total. The summed E-state index contributed by atoms with van der Waals surface area (Å²) in [5.41, 5.74) is -1.23. The van der Waals surface area contributed by atoms with E-state index in [1.54, 1.807) is 4.90 Å². The average molecular weight is 237 g/mol. The molecule has 0 bridgehead atoms. The van der Waals surface area contributed by atoms with E-state index in [4.69, 9.17) is 4.55 Å². The van der Waals surface area contributed by atoms with Gasteiger partial charge in [0, 0.05) is 39.6 Å². The number of hydrogen-bond acceptors (Lipinski definition) is 5. The van der Waals surface area contributed by atoms with Crippen LogP contribution in [0.3, 0.4) is 0 Å². The van der Waals surface area contributed by atoms with Gasteiger partial charge in [0.15, 0.2) is 5.44 Å². The lowest BCUT2D eigenvalue weighted by Gasteiger charge is -2.27. The highest BCUT2D eigenvalue weighted by atomic mass is 32.2. The number of hydrogen-bond donors (Lipinski definition) is 1. The topological polar surface area (TPSA) is 83.9 Å². The molecule has 0 aromatic heterocycles. The van der Waals surface area contributed by atoms with Crippen LogP contribution in [0, 0.1) is 0 Å². The van der Waals surface area contributed by atoms with Crippen molar-refractivity contribution in [1.82, 2.24) is 4.90 Å². The maximum atomic E-state index is 10.9. The summed E-state index contributed by atoms with van der Waals surface area (Å²) in [4.78, 5) is 12.7. The van der Waals surface area contributed by atoms with E-state index in [2.05, 4.69) is 4.74 Å². The number of carbonyl (C=O) groups excluding carboxylic acids is 1. The summed E-state index contributed by atoms with van der Waals surface area (Å²) < 4.78 is 35.2. The fourth-order valence-corrected chi connectivity index (χ4v) is 2.13. The zero-order valence-corrected chi connectivity index (χ0v) is 9.37. The first-order valence-electron chi connectivity index (χ1n) is 4.66. The van der Waals surface area contributed by atoms with Crippen molar-refractivity contribution in [2.45, 2.75) is 18.3 Å². The second-order valence-corrected chi connectivity index (χ2v) is 5.08. The standard InChI is InChI=1S/C8H15NO5S/c1-14-8(15(11,12)13)6-9-4-2-7(10)3-5-9/h8H,2-6H2,1H3,(H,11,12,13). The molecular formula is C8H15NO5S. The molecule has 0 aromatic rings. The van der Waals surface area contributed by atoms with Gasteiger partial charge in [-0.15, -0.1) is 0 Å². The maximum absolute atomic E-state index is 10.9. The van der Waals surface area contributed by atoms with E-state index in [0.29, 0.717) is 25.9 Å². The Bertz CT molecular complexity index is 316. The van der Waals surface area contributed by atoms with Gasteiger partial charge in [0.05, 0.1) is 0 Å². The van der Waals surface area contributed by atoms with Gasteiger partial charge in [0.25, 0.3) is 10.1 Å². The quantitative estimate of drug-likeness (QED) is 0.664. The van der Waals surface area contributed by atoms with Crippen molar-refractivity contribution in [2.24, 2.45) is 0 Å². The highest BCUT2D eigenvalue weighted by molar-refractivity contribution is 7.86. The van der Waals surface area contributed by atoms with E-state index in [0.717, 1.165) is 0 Å². The third-order valence-corrected chi connectivity index (χ3v) is 3.42. The minimum atomic E-state index is -4.18. The third kappa shape index (κ3) is 3.86. The summed E-state index contributed by atoms with van der Waals surface area (Å²) >= 11 is 0. The smallest absolute Gasteiger partial charge is 0.293 e. The van der Waals surface area contributed by atoms with Crippen LogP contribution in [0.5, 0.6) is 0 Å². The zero-order valence-electron chi connectivity index (χ0n) is 8.55. The van der Waals surface area contributed by atoms with Gasteiger partial charge in [-0.25, -0.2) is 0 Å². The lowest BCUT2D eigenvalue weighted by atomic mass is 10.1. The maximum Gasteiger partial charge on any atom is 0.293 e. The molecule has 1 rings (SSSR count). The predicted molar refractivity (Wildman–Crippen MR) is 53.0 cm³/mol. The summed E-state index contributed by atoms with van der Waals surface area (Å²) in [6.45, 7) is 1.14. The molecule has 88 valence electrons. The third-order valence-electron chi connectivity index (χ3n) is 2.42. The first-order valence-corrected chi connectivity index (χ1v) is 6.17. The van der Waals surface area contributed by atoms with E-state index in [1.807, 2.05) is 0 Å². The van der Waals surface area contributed by atoms with Gasteiger partial charge in [-0.3, -0.25) is 14.2 Å². The molecule has 7 heteroatoms. The Morgan fingerprint density at radius 1 is 1.47 bits per heavy atom. The van der Waals surface area contributed by atoms with Crippen molar-refractivity contribution in [2.75, 3.05) is 26.7 Å². The first-order chi connectivity index (χ1) is 6.93. The van der Waals surface area contributed by atoms with Crippen LogP contribution in [0.2, 0.25) is 0 Å². The number of ether oxygens (including phenoxy) is 1. The van der Waals surface area contributed by atoms with Crippen LogP contribution in [0.1, 0.15) is 12.8 Å². The first kappa shape index (κ1) is 12.6. The highest BCUT2D eigenvalue weighted by Gasteiger charge is 2.27. The van der Waals surface area contributed by atoms with Gasteiger partial charge in [-0.2, -0.15) is 8.42 Å². The second kappa shape index (κ2) is 5.02. The molecule has 1 heterocycles. The van der Waals surface area contributed by atoms with E-state index in [1.165, 1.54) is 7.11 Å². The van der Waals surface area contributed by atoms with Crippen LogP contribution in [0.15, 0.2) is 0 Å². The molecule has 1 aliphatic heterocycles. The molecule has 15 heavy (non-hydrogen) atoms. The van der Waals surface area contributed by atoms with E-state index in [-0.39, 0.29) is 12.3 Å². The Morgan fingerprint density at radius 2 is 2.00 bits per heavy atom. The molecule has 0 spiro atoms. The number of nitrogens with zero attached hydrogens (tertiary/aromatic N) is 1. The number of ketones is 1. The van der Waals surface area contributed by atoms with Gasteiger partial charge in [0.2, 0.25) is 0 Å². The number of methoxy groups -OCH3 is 1. The molecule has 1 saturated heterocycles. The summed E-state index contributed by atoms with van der Waals surface area (Å²) in [5, 5.41) is 0. The van der Waals surface area contributed by atoms with E-state index >= 15 is 0 Å². The molecule has 0 aromatic carbocycles. The van der Waals surface area contributed by atoms with Gasteiger partial charge in [-0.1, -0.05) is 0 Å². The summed E-state index contributed by atoms with van der Waals surface area (Å²) in [6.07, 6.45) is 0.865. The van der Waals surface area contributed by atoms with Gasteiger partial charge >= 0.3 is 0 Å². The summed E-state index contributed by atoms with van der Waals surface area (Å²) in [7, 11) is -2.95. The minimum absolute atomic E-state index is 0.0998. The summed E-state index contributed by atoms with van der Waals surface area (Å²) in [6, 6.07) is 0. The van der Waals surface area contributed by atoms with Gasteiger partial charge in [0.1, 0.15) is 5.78 Å². The molecule has 0 radical (unpaired) electrons. The van der Waals surface area contributed by atoms with E-state index in [9.17, 15) is 13.2 Å². The Balaban J connectivity index is 2.50. The molecule has 1 atom stereocenters. The highest BCUT2D eigenvalue weighted by Crippen LogP contribution is 2.09. The fourth-order valence-electron chi connectivity index (χ4n) is 1.49. The Labute approximate surface area is 89.0 Å². The Hall–Kier alpha value is -0.500. The van der Waals surface area contributed by atoms with Crippen molar-refractivity contribution in [3.63, 3.8) is 0 Å². The van der Waals surface area contributed by atoms with Crippen LogP contribution in [0.4, 0.5) is 0 Å². The predicted octanol–water partition coefficient (Wildman–Crippen LogP) is -0.488. The van der Waals surface area contributed by atoms with Crippen molar-refractivity contribution in [3.8, 4) is 0 Å². The number of Topliss-reactive ketones (excluding diaryl/α,β-unsaturated/α-hetero) is 1. The van der Waals surface area contributed by atoms with Crippen molar-refractivity contribution >= 4 is 15.9 Å². The normalized spacial score (nSPS) is 21.6. The van der Waals surface area contributed by atoms with Crippen molar-refractivity contribution in [3.05, 3.63) is 0 Å². The molecule has 1 fully saturated rings. The lowest BCUT2D eigenvalue weighted by molar-refractivity contribution is -0.121. The van der Waals surface area contributed by atoms with Gasteiger partial charge in [-0.05, 0) is 0 Å². The van der Waals surface area contributed by atoms with Crippen molar-refractivity contribution in [1.29, 1.82) is 0 Å². The molecular weight excluding hydrogens is 222 g/mol. The van der Waals surface area contributed by atoms with Crippen molar-refractivity contribution < 1.29 is 22.5 Å². The monoisotopic (exact) mass is 237 g/mol.